The highest BCUT2D eigenvalue weighted by molar-refractivity contribution is 5.16. The van der Waals surface area contributed by atoms with Crippen molar-refractivity contribution in [1.29, 1.82) is 0 Å². The Morgan fingerprint density at radius 3 is 2.78 bits per heavy atom. The van der Waals surface area contributed by atoms with Gasteiger partial charge in [0.25, 0.3) is 0 Å². The molecule has 1 atom stereocenters. The number of nitrogens with zero attached hydrogens (tertiary/aromatic N) is 2. The van der Waals surface area contributed by atoms with Gasteiger partial charge in [0, 0.05) is 18.8 Å². The number of imidazole rings is 1. The van der Waals surface area contributed by atoms with E-state index in [2.05, 4.69) is 59.0 Å². The number of nitrogens with one attached hydrogen (secondary N) is 1. The van der Waals surface area contributed by atoms with Crippen molar-refractivity contribution in [2.75, 3.05) is 6.54 Å². The van der Waals surface area contributed by atoms with Crippen molar-refractivity contribution in [3.05, 3.63) is 54.1 Å². The van der Waals surface area contributed by atoms with E-state index in [4.69, 9.17) is 0 Å². The summed E-state index contributed by atoms with van der Waals surface area (Å²) in [4.78, 5) is 4.26. The second kappa shape index (κ2) is 6.36. The van der Waals surface area contributed by atoms with Crippen LogP contribution in [0, 0.1) is 0 Å². The molecule has 1 heterocycles. The highest BCUT2D eigenvalue weighted by atomic mass is 15.1. The van der Waals surface area contributed by atoms with Crippen LogP contribution in [-0.4, -0.2) is 16.1 Å². The van der Waals surface area contributed by atoms with E-state index in [-0.39, 0.29) is 0 Å². The van der Waals surface area contributed by atoms with Gasteiger partial charge in [-0.1, -0.05) is 37.3 Å². The Kier molecular flexibility index (Phi) is 4.53. The van der Waals surface area contributed by atoms with Gasteiger partial charge in [-0.2, -0.15) is 0 Å². The zero-order valence-corrected chi connectivity index (χ0v) is 11.1. The molecule has 1 N–H and O–H groups in total. The highest BCUT2D eigenvalue weighted by Gasteiger charge is 2.09. The van der Waals surface area contributed by atoms with E-state index >= 15 is 0 Å². The quantitative estimate of drug-likeness (QED) is 0.845. The Morgan fingerprint density at radius 1 is 1.28 bits per heavy atom. The monoisotopic (exact) mass is 243 g/mol. The van der Waals surface area contributed by atoms with Crippen LogP contribution in [0.5, 0.6) is 0 Å². The lowest BCUT2D eigenvalue weighted by Gasteiger charge is -2.17. The van der Waals surface area contributed by atoms with Crippen LogP contribution in [0.15, 0.2) is 42.9 Å². The molecule has 3 nitrogen and oxygen atoms in total. The summed E-state index contributed by atoms with van der Waals surface area (Å²) in [5.74, 6) is 0. The maximum absolute atomic E-state index is 4.26. The number of hydrogen-bond acceptors (Lipinski definition) is 2. The van der Waals surface area contributed by atoms with E-state index in [0.717, 1.165) is 19.5 Å². The van der Waals surface area contributed by atoms with Gasteiger partial charge in [0.05, 0.1) is 12.0 Å². The summed E-state index contributed by atoms with van der Waals surface area (Å²) in [6.07, 6.45) is 4.92. The summed E-state index contributed by atoms with van der Waals surface area (Å²) in [5, 5.41) is 3.35. The first-order valence-electron chi connectivity index (χ1n) is 6.56. The van der Waals surface area contributed by atoms with Crippen molar-refractivity contribution in [2.45, 2.75) is 32.9 Å². The van der Waals surface area contributed by atoms with Gasteiger partial charge in [0.1, 0.15) is 0 Å². The van der Waals surface area contributed by atoms with Gasteiger partial charge in [0.15, 0.2) is 0 Å². The molecule has 1 unspecified atom stereocenters. The predicted molar refractivity (Wildman–Crippen MR) is 74.5 cm³/mol. The largest absolute Gasteiger partial charge is 0.330 e. The van der Waals surface area contributed by atoms with E-state index in [1.165, 1.54) is 11.3 Å². The average Bonchev–Trinajstić information content (AvgIpc) is 2.86. The number of aromatic nitrogens is 2. The van der Waals surface area contributed by atoms with Gasteiger partial charge >= 0.3 is 0 Å². The zero-order chi connectivity index (χ0) is 12.8. The molecule has 1 aromatic heterocycles. The van der Waals surface area contributed by atoms with Crippen molar-refractivity contribution in [3.8, 4) is 0 Å². The summed E-state index contributed by atoms with van der Waals surface area (Å²) in [5.41, 5.74) is 2.62. The fourth-order valence-corrected chi connectivity index (χ4v) is 2.17. The van der Waals surface area contributed by atoms with Crippen LogP contribution in [0.25, 0.3) is 0 Å². The lowest BCUT2D eigenvalue weighted by molar-refractivity contribution is 0.513. The molecule has 3 heteroatoms. The molecule has 0 bridgehead atoms. The summed E-state index contributed by atoms with van der Waals surface area (Å²) in [6.45, 7) is 6.23. The molecule has 0 fully saturated rings. The standard InChI is InChI=1S/C15H21N3/c1-3-16-10-15-11-17-12-18(15)13(2)9-14-7-5-4-6-8-14/h4-8,11-13,16H,3,9-10H2,1-2H3. The molecular weight excluding hydrogens is 222 g/mol. The van der Waals surface area contributed by atoms with Crippen molar-refractivity contribution in [2.24, 2.45) is 0 Å². The van der Waals surface area contributed by atoms with Crippen LogP contribution in [0.1, 0.15) is 31.1 Å². The molecule has 0 aliphatic carbocycles. The minimum atomic E-state index is 0.434. The number of benzene rings is 1. The smallest absolute Gasteiger partial charge is 0.0951 e. The molecule has 0 amide bonds. The van der Waals surface area contributed by atoms with Gasteiger partial charge in [-0.05, 0) is 25.5 Å². The fraction of sp³-hybridized carbons (Fsp3) is 0.400. The first-order chi connectivity index (χ1) is 8.81. The minimum Gasteiger partial charge on any atom is -0.330 e. The molecule has 0 spiro atoms. The van der Waals surface area contributed by atoms with Crippen LogP contribution in [0.3, 0.4) is 0 Å². The van der Waals surface area contributed by atoms with Crippen molar-refractivity contribution in [3.63, 3.8) is 0 Å². The molecule has 0 aliphatic heterocycles. The van der Waals surface area contributed by atoms with E-state index in [0.29, 0.717) is 6.04 Å². The molecule has 0 radical (unpaired) electrons. The summed E-state index contributed by atoms with van der Waals surface area (Å²) < 4.78 is 2.26. The Labute approximate surface area is 109 Å². The maximum atomic E-state index is 4.26. The summed E-state index contributed by atoms with van der Waals surface area (Å²) in [6, 6.07) is 11.0. The first-order valence-corrected chi connectivity index (χ1v) is 6.56. The Balaban J connectivity index is 2.04. The first kappa shape index (κ1) is 12.8. The summed E-state index contributed by atoms with van der Waals surface area (Å²) >= 11 is 0. The molecule has 0 saturated carbocycles. The van der Waals surface area contributed by atoms with Gasteiger partial charge in [-0.3, -0.25) is 0 Å². The fourth-order valence-electron chi connectivity index (χ4n) is 2.17. The highest BCUT2D eigenvalue weighted by Crippen LogP contribution is 2.15. The van der Waals surface area contributed by atoms with Gasteiger partial charge in [-0.15, -0.1) is 0 Å². The molecule has 2 aromatic rings. The Bertz CT molecular complexity index is 462. The van der Waals surface area contributed by atoms with Gasteiger partial charge < -0.3 is 9.88 Å². The molecule has 1 aromatic carbocycles. The van der Waals surface area contributed by atoms with Gasteiger partial charge in [-0.25, -0.2) is 4.98 Å². The molecular formula is C15H21N3. The van der Waals surface area contributed by atoms with E-state index < -0.39 is 0 Å². The summed E-state index contributed by atoms with van der Waals surface area (Å²) in [7, 11) is 0. The van der Waals surface area contributed by atoms with E-state index in [9.17, 15) is 0 Å². The van der Waals surface area contributed by atoms with Crippen molar-refractivity contribution < 1.29 is 0 Å². The third-order valence-corrected chi connectivity index (χ3v) is 3.15. The van der Waals surface area contributed by atoms with Gasteiger partial charge in [0.2, 0.25) is 0 Å². The maximum Gasteiger partial charge on any atom is 0.0951 e. The lowest BCUT2D eigenvalue weighted by Crippen LogP contribution is -2.17. The Morgan fingerprint density at radius 2 is 2.06 bits per heavy atom. The number of hydrogen-bond donors (Lipinski definition) is 1. The average molecular weight is 243 g/mol. The SMILES string of the molecule is CCNCc1cncn1C(C)Cc1ccccc1. The topological polar surface area (TPSA) is 29.9 Å². The van der Waals surface area contributed by atoms with Crippen LogP contribution < -0.4 is 5.32 Å². The second-order valence-electron chi connectivity index (χ2n) is 4.61. The van der Waals surface area contributed by atoms with Crippen LogP contribution in [-0.2, 0) is 13.0 Å². The second-order valence-corrected chi connectivity index (χ2v) is 4.61. The number of rotatable bonds is 6. The van der Waals surface area contributed by atoms with Crippen LogP contribution in [0.2, 0.25) is 0 Å². The Hall–Kier alpha value is -1.61. The van der Waals surface area contributed by atoms with E-state index in [1.807, 2.05) is 12.5 Å². The van der Waals surface area contributed by atoms with Crippen LogP contribution in [0.4, 0.5) is 0 Å². The third kappa shape index (κ3) is 3.20. The third-order valence-electron chi connectivity index (χ3n) is 3.15. The lowest BCUT2D eigenvalue weighted by atomic mass is 10.1. The van der Waals surface area contributed by atoms with Crippen molar-refractivity contribution in [1.82, 2.24) is 14.9 Å². The molecule has 96 valence electrons. The molecule has 2 rings (SSSR count). The van der Waals surface area contributed by atoms with Crippen molar-refractivity contribution >= 4 is 0 Å². The predicted octanol–water partition coefficient (Wildman–Crippen LogP) is 2.80. The zero-order valence-electron chi connectivity index (χ0n) is 11.1. The molecule has 18 heavy (non-hydrogen) atoms. The van der Waals surface area contributed by atoms with E-state index in [1.54, 1.807) is 0 Å². The molecule has 0 aliphatic rings. The minimum absolute atomic E-state index is 0.434. The molecule has 0 saturated heterocycles. The van der Waals surface area contributed by atoms with Crippen LogP contribution >= 0.6 is 0 Å². The normalized spacial score (nSPS) is 12.6.